The summed E-state index contributed by atoms with van der Waals surface area (Å²) in [5.74, 6) is 0.327. The molecule has 2 N–H and O–H groups in total. The van der Waals surface area contributed by atoms with Crippen LogP contribution in [-0.2, 0) is 9.53 Å². The second-order valence-electron chi connectivity index (χ2n) is 8.51. The van der Waals surface area contributed by atoms with Crippen LogP contribution < -0.4 is 15.5 Å². The Bertz CT molecular complexity index is 933. The van der Waals surface area contributed by atoms with Crippen molar-refractivity contribution in [1.29, 1.82) is 0 Å². The van der Waals surface area contributed by atoms with Crippen molar-refractivity contribution in [2.75, 3.05) is 31.2 Å². The summed E-state index contributed by atoms with van der Waals surface area (Å²) >= 11 is 1.26. The molecule has 1 fully saturated rings. The van der Waals surface area contributed by atoms with Crippen molar-refractivity contribution in [3.63, 3.8) is 0 Å². The van der Waals surface area contributed by atoms with Crippen LogP contribution in [-0.4, -0.2) is 63.8 Å². The molecule has 31 heavy (non-hydrogen) atoms. The SMILES string of the molecule is Cc1cccc(-n2c(SC(C)C(=O)NC(=O)NC(C)(C)C)nnc2N2CCOCC2)c1. The number of imide groups is 1. The van der Waals surface area contributed by atoms with Crippen LogP contribution in [0.15, 0.2) is 29.4 Å². The largest absolute Gasteiger partial charge is 0.378 e. The van der Waals surface area contributed by atoms with Crippen LogP contribution in [0.5, 0.6) is 0 Å². The fraction of sp³-hybridized carbons (Fsp3) is 0.524. The first-order valence-electron chi connectivity index (χ1n) is 10.3. The molecule has 0 bridgehead atoms. The van der Waals surface area contributed by atoms with Crippen molar-refractivity contribution in [2.45, 2.75) is 50.6 Å². The number of aromatic nitrogens is 3. The number of benzene rings is 1. The highest BCUT2D eigenvalue weighted by Crippen LogP contribution is 2.30. The Morgan fingerprint density at radius 2 is 1.90 bits per heavy atom. The summed E-state index contributed by atoms with van der Waals surface area (Å²) in [5, 5.41) is 14.0. The highest BCUT2D eigenvalue weighted by atomic mass is 32.2. The van der Waals surface area contributed by atoms with Gasteiger partial charge >= 0.3 is 6.03 Å². The number of hydrogen-bond acceptors (Lipinski definition) is 7. The van der Waals surface area contributed by atoms with Crippen LogP contribution in [0.4, 0.5) is 10.7 Å². The lowest BCUT2D eigenvalue weighted by atomic mass is 10.1. The number of aryl methyl sites for hydroxylation is 1. The van der Waals surface area contributed by atoms with Gasteiger partial charge in [0.15, 0.2) is 5.16 Å². The Kier molecular flexibility index (Phi) is 7.22. The zero-order valence-electron chi connectivity index (χ0n) is 18.6. The molecule has 0 saturated carbocycles. The smallest absolute Gasteiger partial charge is 0.321 e. The number of amides is 3. The van der Waals surface area contributed by atoms with E-state index < -0.39 is 22.7 Å². The number of carbonyl (C=O) groups excluding carboxylic acids is 2. The van der Waals surface area contributed by atoms with Gasteiger partial charge in [-0.2, -0.15) is 0 Å². The van der Waals surface area contributed by atoms with Crippen LogP contribution >= 0.6 is 11.8 Å². The summed E-state index contributed by atoms with van der Waals surface area (Å²) in [7, 11) is 0. The van der Waals surface area contributed by atoms with Crippen LogP contribution in [0, 0.1) is 6.92 Å². The Balaban J connectivity index is 1.82. The van der Waals surface area contributed by atoms with Gasteiger partial charge in [-0.25, -0.2) is 4.79 Å². The third-order valence-corrected chi connectivity index (χ3v) is 5.59. The van der Waals surface area contributed by atoms with Crippen molar-refractivity contribution in [1.82, 2.24) is 25.4 Å². The van der Waals surface area contributed by atoms with Gasteiger partial charge in [0.25, 0.3) is 0 Å². The molecule has 1 atom stereocenters. The number of thioether (sulfide) groups is 1. The molecule has 3 amide bonds. The topological polar surface area (TPSA) is 101 Å². The first kappa shape index (κ1) is 23.1. The van der Waals surface area contributed by atoms with Crippen LogP contribution in [0.3, 0.4) is 0 Å². The second kappa shape index (κ2) is 9.69. The van der Waals surface area contributed by atoms with Gasteiger partial charge in [-0.3, -0.25) is 14.7 Å². The molecule has 168 valence electrons. The molecule has 9 nitrogen and oxygen atoms in total. The van der Waals surface area contributed by atoms with Crippen molar-refractivity contribution in [3.05, 3.63) is 29.8 Å². The number of urea groups is 1. The molecular weight excluding hydrogens is 416 g/mol. The first-order valence-corrected chi connectivity index (χ1v) is 11.2. The van der Waals surface area contributed by atoms with Crippen LogP contribution in [0.1, 0.15) is 33.3 Å². The van der Waals surface area contributed by atoms with Crippen molar-refractivity contribution in [2.24, 2.45) is 0 Å². The summed E-state index contributed by atoms with van der Waals surface area (Å²) in [4.78, 5) is 26.8. The minimum Gasteiger partial charge on any atom is -0.378 e. The van der Waals surface area contributed by atoms with E-state index in [0.717, 1.165) is 30.3 Å². The van der Waals surface area contributed by atoms with E-state index in [1.165, 1.54) is 11.8 Å². The molecule has 1 aliphatic heterocycles. The minimum atomic E-state index is -0.545. The van der Waals surface area contributed by atoms with Crippen molar-refractivity contribution >= 4 is 29.6 Å². The summed E-state index contributed by atoms with van der Waals surface area (Å²) < 4.78 is 7.43. The third kappa shape index (κ3) is 6.20. The van der Waals surface area contributed by atoms with Gasteiger partial charge in [0.2, 0.25) is 11.9 Å². The highest BCUT2D eigenvalue weighted by Gasteiger charge is 2.26. The molecule has 2 heterocycles. The highest BCUT2D eigenvalue weighted by molar-refractivity contribution is 8.00. The molecule has 0 radical (unpaired) electrons. The van der Waals surface area contributed by atoms with Gasteiger partial charge in [-0.05, 0) is 52.3 Å². The number of hydrogen-bond donors (Lipinski definition) is 2. The maximum atomic E-state index is 12.6. The molecule has 1 aromatic heterocycles. The van der Waals surface area contributed by atoms with Gasteiger partial charge in [0, 0.05) is 18.6 Å². The van der Waals surface area contributed by atoms with Gasteiger partial charge in [0.05, 0.1) is 24.2 Å². The van der Waals surface area contributed by atoms with E-state index in [4.69, 9.17) is 4.74 Å². The second-order valence-corrected chi connectivity index (χ2v) is 9.82. The van der Waals surface area contributed by atoms with Gasteiger partial charge < -0.3 is 15.0 Å². The summed E-state index contributed by atoms with van der Waals surface area (Å²) in [6.07, 6.45) is 0. The Morgan fingerprint density at radius 1 is 1.19 bits per heavy atom. The van der Waals surface area contributed by atoms with E-state index in [-0.39, 0.29) is 0 Å². The van der Waals surface area contributed by atoms with Gasteiger partial charge in [-0.1, -0.05) is 23.9 Å². The molecule has 0 spiro atoms. The molecule has 1 saturated heterocycles. The summed E-state index contributed by atoms with van der Waals surface area (Å²) in [5.41, 5.74) is 1.60. The molecular formula is C21H30N6O3S. The van der Waals surface area contributed by atoms with Gasteiger partial charge in [-0.15, -0.1) is 10.2 Å². The predicted octanol–water partition coefficient (Wildman–Crippen LogP) is 2.52. The number of anilines is 1. The molecule has 3 rings (SSSR count). The molecule has 2 aromatic rings. The lowest BCUT2D eigenvalue weighted by Gasteiger charge is -2.28. The zero-order chi connectivity index (χ0) is 22.6. The van der Waals surface area contributed by atoms with E-state index in [2.05, 4.69) is 31.8 Å². The number of nitrogens with one attached hydrogen (secondary N) is 2. The monoisotopic (exact) mass is 446 g/mol. The van der Waals surface area contributed by atoms with E-state index in [9.17, 15) is 9.59 Å². The number of ether oxygens (including phenoxy) is 1. The minimum absolute atomic E-state index is 0.390. The Labute approximate surface area is 186 Å². The predicted molar refractivity (Wildman–Crippen MR) is 121 cm³/mol. The number of rotatable bonds is 5. The average Bonchev–Trinajstić information content (AvgIpc) is 3.10. The number of morpholine rings is 1. The first-order chi connectivity index (χ1) is 14.6. The van der Waals surface area contributed by atoms with E-state index in [1.54, 1.807) is 6.92 Å². The van der Waals surface area contributed by atoms with Crippen LogP contribution in [0.25, 0.3) is 5.69 Å². The van der Waals surface area contributed by atoms with Gasteiger partial charge in [0.1, 0.15) is 0 Å². The quantitative estimate of drug-likeness (QED) is 0.681. The van der Waals surface area contributed by atoms with E-state index >= 15 is 0 Å². The van der Waals surface area contributed by atoms with Crippen LogP contribution in [0.2, 0.25) is 0 Å². The maximum absolute atomic E-state index is 12.6. The fourth-order valence-corrected chi connectivity index (χ4v) is 3.96. The van der Waals surface area contributed by atoms with E-state index in [1.807, 2.05) is 50.5 Å². The number of nitrogens with zero attached hydrogens (tertiary/aromatic N) is 4. The normalized spacial score (nSPS) is 15.5. The lowest BCUT2D eigenvalue weighted by molar-refractivity contribution is -0.119. The summed E-state index contributed by atoms with van der Waals surface area (Å²) in [6.45, 7) is 12.0. The Morgan fingerprint density at radius 3 is 2.55 bits per heavy atom. The van der Waals surface area contributed by atoms with Crippen molar-refractivity contribution in [3.8, 4) is 5.69 Å². The molecule has 1 unspecified atom stereocenters. The average molecular weight is 447 g/mol. The summed E-state index contributed by atoms with van der Waals surface area (Å²) in [6, 6.07) is 7.54. The zero-order valence-corrected chi connectivity index (χ0v) is 19.5. The molecule has 1 aliphatic rings. The standard InChI is InChI=1S/C21H30N6O3S/c1-14-7-6-8-16(13-14)27-19(26-9-11-30-12-10-26)24-25-20(27)31-15(2)17(28)22-18(29)23-21(3,4)5/h6-8,13,15H,9-12H2,1-5H3,(H2,22,23,28,29). The molecule has 0 aliphatic carbocycles. The number of carbonyl (C=O) groups is 2. The third-order valence-electron chi connectivity index (χ3n) is 4.55. The van der Waals surface area contributed by atoms with E-state index in [0.29, 0.717) is 18.4 Å². The molecule has 1 aromatic carbocycles. The fourth-order valence-electron chi connectivity index (χ4n) is 3.10. The van der Waals surface area contributed by atoms with Crippen molar-refractivity contribution < 1.29 is 14.3 Å². The maximum Gasteiger partial charge on any atom is 0.321 e. The molecule has 10 heteroatoms. The Hall–Kier alpha value is -2.59. The lowest BCUT2D eigenvalue weighted by Crippen LogP contribution is -2.49.